The fourth-order valence-corrected chi connectivity index (χ4v) is 2.21. The van der Waals surface area contributed by atoms with Crippen LogP contribution in [0.5, 0.6) is 0 Å². The van der Waals surface area contributed by atoms with E-state index < -0.39 is 5.91 Å². The Labute approximate surface area is 135 Å². The normalized spacial score (nSPS) is 9.91. The Morgan fingerprint density at radius 1 is 1.09 bits per heavy atom. The van der Waals surface area contributed by atoms with Gasteiger partial charge in [-0.1, -0.05) is 36.4 Å². The topological polar surface area (TPSA) is 75.4 Å². The van der Waals surface area contributed by atoms with Gasteiger partial charge in [0.15, 0.2) is 0 Å². The van der Waals surface area contributed by atoms with Crippen LogP contribution in [0.3, 0.4) is 0 Å². The molecule has 5 nitrogen and oxygen atoms in total. The SMILES string of the molecule is C=CCN(C(=O)CNc1ccccc1C(N)=O)c1ccccc1. The number of nitrogens with two attached hydrogens (primary N) is 1. The number of nitrogens with one attached hydrogen (secondary N) is 1. The van der Waals surface area contributed by atoms with Crippen molar-refractivity contribution in [2.24, 2.45) is 5.73 Å². The van der Waals surface area contributed by atoms with Crippen molar-refractivity contribution in [2.75, 3.05) is 23.3 Å². The van der Waals surface area contributed by atoms with Gasteiger partial charge in [-0.25, -0.2) is 0 Å². The molecule has 0 aromatic heterocycles. The van der Waals surface area contributed by atoms with E-state index in [9.17, 15) is 9.59 Å². The highest BCUT2D eigenvalue weighted by Crippen LogP contribution is 2.16. The number of para-hydroxylation sites is 2. The van der Waals surface area contributed by atoms with Crippen LogP contribution < -0.4 is 16.0 Å². The molecule has 0 spiro atoms. The van der Waals surface area contributed by atoms with Crippen LogP contribution in [0, 0.1) is 0 Å². The predicted octanol–water partition coefficient (Wildman–Crippen LogP) is 2.42. The highest BCUT2D eigenvalue weighted by atomic mass is 16.2. The first-order chi connectivity index (χ1) is 11.1. The summed E-state index contributed by atoms with van der Waals surface area (Å²) in [4.78, 5) is 25.5. The van der Waals surface area contributed by atoms with Crippen molar-refractivity contribution in [3.05, 3.63) is 72.8 Å². The number of anilines is 2. The van der Waals surface area contributed by atoms with Gasteiger partial charge in [0, 0.05) is 17.9 Å². The van der Waals surface area contributed by atoms with Gasteiger partial charge < -0.3 is 16.0 Å². The second-order valence-corrected chi connectivity index (χ2v) is 4.89. The average molecular weight is 309 g/mol. The molecular weight excluding hydrogens is 290 g/mol. The summed E-state index contributed by atoms with van der Waals surface area (Å²) >= 11 is 0. The summed E-state index contributed by atoms with van der Waals surface area (Å²) in [5, 5.41) is 2.98. The monoisotopic (exact) mass is 309 g/mol. The van der Waals surface area contributed by atoms with Gasteiger partial charge in [-0.15, -0.1) is 6.58 Å². The van der Waals surface area contributed by atoms with Crippen molar-refractivity contribution in [1.82, 2.24) is 0 Å². The molecule has 0 fully saturated rings. The van der Waals surface area contributed by atoms with Crippen molar-refractivity contribution >= 4 is 23.2 Å². The number of amides is 2. The van der Waals surface area contributed by atoms with Gasteiger partial charge in [0.2, 0.25) is 5.91 Å². The fraction of sp³-hybridized carbons (Fsp3) is 0.111. The maximum absolute atomic E-state index is 12.5. The van der Waals surface area contributed by atoms with Crippen LogP contribution in [0.2, 0.25) is 0 Å². The number of carbonyl (C=O) groups excluding carboxylic acids is 2. The lowest BCUT2D eigenvalue weighted by molar-refractivity contribution is -0.116. The Hall–Kier alpha value is -3.08. The van der Waals surface area contributed by atoms with Crippen LogP contribution in [0.4, 0.5) is 11.4 Å². The lowest BCUT2D eigenvalue weighted by Crippen LogP contribution is -2.36. The Bertz CT molecular complexity index is 698. The molecule has 0 saturated carbocycles. The van der Waals surface area contributed by atoms with Crippen molar-refractivity contribution < 1.29 is 9.59 Å². The number of nitrogens with zero attached hydrogens (tertiary/aromatic N) is 1. The molecule has 2 aromatic carbocycles. The molecule has 23 heavy (non-hydrogen) atoms. The van der Waals surface area contributed by atoms with E-state index in [1.165, 1.54) is 0 Å². The Morgan fingerprint density at radius 2 is 1.74 bits per heavy atom. The number of hydrogen-bond acceptors (Lipinski definition) is 3. The van der Waals surface area contributed by atoms with Gasteiger partial charge in [0.05, 0.1) is 12.1 Å². The third kappa shape index (κ3) is 4.20. The number of carbonyl (C=O) groups is 2. The van der Waals surface area contributed by atoms with Crippen LogP contribution in [0.15, 0.2) is 67.3 Å². The van der Waals surface area contributed by atoms with Crippen molar-refractivity contribution in [2.45, 2.75) is 0 Å². The minimum Gasteiger partial charge on any atom is -0.375 e. The molecule has 0 aliphatic heterocycles. The summed E-state index contributed by atoms with van der Waals surface area (Å²) in [7, 11) is 0. The highest BCUT2D eigenvalue weighted by molar-refractivity contribution is 6.00. The van der Waals surface area contributed by atoms with Gasteiger partial charge in [0.25, 0.3) is 5.91 Å². The van der Waals surface area contributed by atoms with Gasteiger partial charge in [-0.2, -0.15) is 0 Å². The van der Waals surface area contributed by atoms with Gasteiger partial charge in [-0.3, -0.25) is 9.59 Å². The van der Waals surface area contributed by atoms with E-state index in [4.69, 9.17) is 5.73 Å². The van der Waals surface area contributed by atoms with Gasteiger partial charge in [0.1, 0.15) is 0 Å². The van der Waals surface area contributed by atoms with Crippen LogP contribution >= 0.6 is 0 Å². The molecule has 0 aliphatic rings. The van der Waals surface area contributed by atoms with Gasteiger partial charge >= 0.3 is 0 Å². The minimum absolute atomic E-state index is 0.0486. The zero-order valence-electron chi connectivity index (χ0n) is 12.7. The Kier molecular flexibility index (Phi) is 5.52. The number of benzene rings is 2. The fourth-order valence-electron chi connectivity index (χ4n) is 2.21. The van der Waals surface area contributed by atoms with Crippen LogP contribution in [-0.4, -0.2) is 24.9 Å². The summed E-state index contributed by atoms with van der Waals surface area (Å²) in [5.74, 6) is -0.665. The quantitative estimate of drug-likeness (QED) is 0.771. The summed E-state index contributed by atoms with van der Waals surface area (Å²) < 4.78 is 0. The number of rotatable bonds is 7. The molecule has 0 aliphatic carbocycles. The zero-order valence-corrected chi connectivity index (χ0v) is 12.7. The molecule has 2 rings (SSSR count). The number of primary amides is 1. The molecule has 2 amide bonds. The van der Waals surface area contributed by atoms with Crippen molar-refractivity contribution in [3.8, 4) is 0 Å². The summed E-state index contributed by atoms with van der Waals surface area (Å²) in [5.41, 5.74) is 7.02. The Morgan fingerprint density at radius 3 is 2.39 bits per heavy atom. The standard InChI is InChI=1S/C18H19N3O2/c1-2-12-21(14-8-4-3-5-9-14)17(22)13-20-16-11-7-6-10-15(16)18(19)23/h2-11,20H,1,12-13H2,(H2,19,23). The molecule has 2 aromatic rings. The van der Waals surface area contributed by atoms with Gasteiger partial charge in [-0.05, 0) is 24.3 Å². The molecular formula is C18H19N3O2. The molecule has 5 heteroatoms. The molecule has 0 bridgehead atoms. The molecule has 0 atom stereocenters. The first kappa shape index (κ1) is 16.3. The van der Waals surface area contributed by atoms with E-state index >= 15 is 0 Å². The summed E-state index contributed by atoms with van der Waals surface area (Å²) in [6.07, 6.45) is 1.67. The third-order valence-corrected chi connectivity index (χ3v) is 3.30. The van der Waals surface area contributed by atoms with Crippen LogP contribution in [-0.2, 0) is 4.79 Å². The molecule has 0 radical (unpaired) electrons. The molecule has 0 unspecified atom stereocenters. The summed E-state index contributed by atoms with van der Waals surface area (Å²) in [6.45, 7) is 4.14. The van der Waals surface area contributed by atoms with E-state index in [1.54, 1.807) is 35.2 Å². The summed E-state index contributed by atoms with van der Waals surface area (Å²) in [6, 6.07) is 16.2. The molecule has 3 N–H and O–H groups in total. The van der Waals surface area contributed by atoms with E-state index in [0.29, 0.717) is 17.8 Å². The maximum atomic E-state index is 12.5. The molecule has 0 heterocycles. The second kappa shape index (κ2) is 7.79. The first-order valence-corrected chi connectivity index (χ1v) is 7.22. The van der Waals surface area contributed by atoms with Crippen LogP contribution in [0.1, 0.15) is 10.4 Å². The van der Waals surface area contributed by atoms with E-state index in [2.05, 4.69) is 11.9 Å². The molecule has 0 saturated heterocycles. The van der Waals surface area contributed by atoms with E-state index in [-0.39, 0.29) is 12.5 Å². The average Bonchev–Trinajstić information content (AvgIpc) is 2.58. The van der Waals surface area contributed by atoms with E-state index in [1.807, 2.05) is 30.3 Å². The predicted molar refractivity (Wildman–Crippen MR) is 92.4 cm³/mol. The number of hydrogen-bond donors (Lipinski definition) is 2. The maximum Gasteiger partial charge on any atom is 0.250 e. The smallest absolute Gasteiger partial charge is 0.250 e. The van der Waals surface area contributed by atoms with Crippen LogP contribution in [0.25, 0.3) is 0 Å². The third-order valence-electron chi connectivity index (χ3n) is 3.30. The highest BCUT2D eigenvalue weighted by Gasteiger charge is 2.15. The van der Waals surface area contributed by atoms with E-state index in [0.717, 1.165) is 5.69 Å². The lowest BCUT2D eigenvalue weighted by Gasteiger charge is -2.22. The zero-order chi connectivity index (χ0) is 16.7. The first-order valence-electron chi connectivity index (χ1n) is 7.22. The lowest BCUT2D eigenvalue weighted by atomic mass is 10.1. The Balaban J connectivity index is 2.11. The second-order valence-electron chi connectivity index (χ2n) is 4.89. The minimum atomic E-state index is -0.536. The largest absolute Gasteiger partial charge is 0.375 e. The molecule has 118 valence electrons. The van der Waals surface area contributed by atoms with Crippen molar-refractivity contribution in [1.29, 1.82) is 0 Å². The van der Waals surface area contributed by atoms with Crippen molar-refractivity contribution in [3.63, 3.8) is 0 Å².